The number of benzene rings is 1. The van der Waals surface area contributed by atoms with E-state index in [-0.39, 0.29) is 23.8 Å². The number of sulfonamides is 1. The molecule has 0 saturated carbocycles. The summed E-state index contributed by atoms with van der Waals surface area (Å²) in [6.07, 6.45) is 2.07. The number of nitrogens with one attached hydrogen (secondary N) is 1. The summed E-state index contributed by atoms with van der Waals surface area (Å²) < 4.78 is 26.5. The fraction of sp³-hybridized carbons (Fsp3) is 0.429. The Morgan fingerprint density at radius 3 is 2.71 bits per heavy atom. The van der Waals surface area contributed by atoms with E-state index in [0.717, 1.165) is 25.9 Å². The van der Waals surface area contributed by atoms with E-state index < -0.39 is 10.0 Å². The number of hydrogen-bond donors (Lipinski definition) is 1. The minimum atomic E-state index is -3.68. The molecule has 0 spiro atoms. The quantitative estimate of drug-likeness (QED) is 0.825. The Labute approximate surface area is 124 Å². The fourth-order valence-electron chi connectivity index (χ4n) is 2.22. The highest BCUT2D eigenvalue weighted by atomic mass is 32.2. The molecule has 21 heavy (non-hydrogen) atoms. The molecule has 6 nitrogen and oxygen atoms in total. The van der Waals surface area contributed by atoms with Crippen LogP contribution in [0, 0.1) is 11.3 Å². The van der Waals surface area contributed by atoms with Crippen molar-refractivity contribution in [2.24, 2.45) is 0 Å². The molecule has 1 N–H and O–H groups in total. The maximum absolute atomic E-state index is 12.3. The minimum Gasteiger partial charge on any atom is -0.339 e. The zero-order valence-corrected chi connectivity index (χ0v) is 12.4. The smallest absolute Gasteiger partial charge is 0.253 e. The van der Waals surface area contributed by atoms with Gasteiger partial charge in [0.1, 0.15) is 0 Å². The number of amides is 1. The summed E-state index contributed by atoms with van der Waals surface area (Å²) in [6.45, 7) is 1.50. The monoisotopic (exact) mass is 307 g/mol. The molecule has 1 saturated heterocycles. The second kappa shape index (κ2) is 6.70. The van der Waals surface area contributed by atoms with E-state index in [1.54, 1.807) is 17.0 Å². The predicted octanol–water partition coefficient (Wildman–Crippen LogP) is 1.11. The van der Waals surface area contributed by atoms with Gasteiger partial charge in [-0.05, 0) is 31.0 Å². The summed E-state index contributed by atoms with van der Waals surface area (Å²) in [5.41, 5.74) is 0.375. The van der Waals surface area contributed by atoms with Gasteiger partial charge < -0.3 is 4.90 Å². The van der Waals surface area contributed by atoms with Crippen LogP contribution >= 0.6 is 0 Å². The van der Waals surface area contributed by atoms with Gasteiger partial charge in [0.25, 0.3) is 5.91 Å². The van der Waals surface area contributed by atoms with Gasteiger partial charge in [0, 0.05) is 31.6 Å². The molecule has 0 bridgehead atoms. The van der Waals surface area contributed by atoms with Crippen LogP contribution in [0.5, 0.6) is 0 Å². The minimum absolute atomic E-state index is 0.0467. The molecule has 1 amide bonds. The molecule has 1 aliphatic rings. The van der Waals surface area contributed by atoms with E-state index in [1.165, 1.54) is 12.1 Å². The molecule has 2 rings (SSSR count). The van der Waals surface area contributed by atoms with Crippen LogP contribution in [-0.4, -0.2) is 38.9 Å². The van der Waals surface area contributed by atoms with Crippen molar-refractivity contribution in [3.05, 3.63) is 29.8 Å². The summed E-state index contributed by atoms with van der Waals surface area (Å²) in [7, 11) is -3.68. The Bertz CT molecular complexity index is 658. The van der Waals surface area contributed by atoms with Crippen molar-refractivity contribution in [3.8, 4) is 6.07 Å². The van der Waals surface area contributed by atoms with Crippen molar-refractivity contribution in [2.75, 3.05) is 19.6 Å². The zero-order chi connectivity index (χ0) is 15.3. The molecule has 1 fully saturated rings. The lowest BCUT2D eigenvalue weighted by Crippen LogP contribution is -2.28. The zero-order valence-electron chi connectivity index (χ0n) is 11.6. The van der Waals surface area contributed by atoms with E-state index in [2.05, 4.69) is 4.72 Å². The normalized spacial score (nSPS) is 14.9. The van der Waals surface area contributed by atoms with Gasteiger partial charge in [0.2, 0.25) is 10.0 Å². The van der Waals surface area contributed by atoms with Gasteiger partial charge in [-0.25, -0.2) is 13.1 Å². The topological polar surface area (TPSA) is 90.3 Å². The SMILES string of the molecule is N#CCCNS(=O)(=O)c1cccc(C(=O)N2CCCC2)c1. The molecule has 0 aliphatic carbocycles. The van der Waals surface area contributed by atoms with E-state index >= 15 is 0 Å². The number of likely N-dealkylation sites (tertiary alicyclic amines) is 1. The third-order valence-corrected chi connectivity index (χ3v) is 4.77. The number of carbonyl (C=O) groups excluding carboxylic acids is 1. The van der Waals surface area contributed by atoms with Crippen LogP contribution in [-0.2, 0) is 10.0 Å². The average Bonchev–Trinajstić information content (AvgIpc) is 3.01. The molecule has 1 heterocycles. The number of nitrogens with zero attached hydrogens (tertiary/aromatic N) is 2. The van der Waals surface area contributed by atoms with Crippen LogP contribution in [0.3, 0.4) is 0 Å². The first-order valence-corrected chi connectivity index (χ1v) is 8.29. The van der Waals surface area contributed by atoms with Gasteiger partial charge in [0.15, 0.2) is 0 Å². The Kier molecular flexibility index (Phi) is 4.94. The van der Waals surface area contributed by atoms with E-state index in [4.69, 9.17) is 5.26 Å². The molecule has 7 heteroatoms. The fourth-order valence-corrected chi connectivity index (χ4v) is 3.30. The Morgan fingerprint density at radius 2 is 2.05 bits per heavy atom. The Hall–Kier alpha value is -1.91. The standard InChI is InChI=1S/C14H17N3O3S/c15-7-4-8-16-21(19,20)13-6-3-5-12(11-13)14(18)17-9-1-2-10-17/h3,5-6,11,16H,1-2,4,8-10H2. The van der Waals surface area contributed by atoms with Crippen LogP contribution in [0.25, 0.3) is 0 Å². The van der Waals surface area contributed by atoms with Gasteiger partial charge in [-0.3, -0.25) is 4.79 Å². The molecule has 0 unspecified atom stereocenters. The first kappa shape index (κ1) is 15.5. The van der Waals surface area contributed by atoms with Crippen molar-refractivity contribution in [1.29, 1.82) is 5.26 Å². The molecular formula is C14H17N3O3S. The first-order chi connectivity index (χ1) is 10.0. The van der Waals surface area contributed by atoms with Crippen molar-refractivity contribution >= 4 is 15.9 Å². The summed E-state index contributed by atoms with van der Waals surface area (Å²) in [5.74, 6) is -0.137. The van der Waals surface area contributed by atoms with Crippen LogP contribution < -0.4 is 4.72 Å². The van der Waals surface area contributed by atoms with Gasteiger partial charge in [-0.15, -0.1) is 0 Å². The summed E-state index contributed by atoms with van der Waals surface area (Å²) in [5, 5.41) is 8.44. The molecule has 0 atom stereocenters. The van der Waals surface area contributed by atoms with Gasteiger partial charge in [-0.1, -0.05) is 6.07 Å². The lowest BCUT2D eigenvalue weighted by Gasteiger charge is -2.15. The van der Waals surface area contributed by atoms with Gasteiger partial charge in [-0.2, -0.15) is 5.26 Å². The number of carbonyl (C=O) groups is 1. The maximum Gasteiger partial charge on any atom is 0.253 e. The van der Waals surface area contributed by atoms with E-state index in [9.17, 15) is 13.2 Å². The number of nitriles is 1. The first-order valence-electron chi connectivity index (χ1n) is 6.80. The largest absolute Gasteiger partial charge is 0.339 e. The van der Waals surface area contributed by atoms with Crippen molar-refractivity contribution in [2.45, 2.75) is 24.2 Å². The van der Waals surface area contributed by atoms with Crippen molar-refractivity contribution in [1.82, 2.24) is 9.62 Å². The van der Waals surface area contributed by atoms with Crippen LogP contribution in [0.2, 0.25) is 0 Å². The maximum atomic E-state index is 12.3. The van der Waals surface area contributed by atoms with Crippen molar-refractivity contribution < 1.29 is 13.2 Å². The average molecular weight is 307 g/mol. The lowest BCUT2D eigenvalue weighted by molar-refractivity contribution is 0.0792. The summed E-state index contributed by atoms with van der Waals surface area (Å²) in [4.78, 5) is 14.0. The molecule has 1 aliphatic heterocycles. The van der Waals surface area contributed by atoms with Crippen molar-refractivity contribution in [3.63, 3.8) is 0 Å². The molecule has 0 radical (unpaired) electrons. The molecule has 1 aromatic rings. The molecule has 0 aromatic heterocycles. The van der Waals surface area contributed by atoms with Gasteiger partial charge >= 0.3 is 0 Å². The highest BCUT2D eigenvalue weighted by molar-refractivity contribution is 7.89. The van der Waals surface area contributed by atoms with Crippen LogP contribution in [0.15, 0.2) is 29.2 Å². The lowest BCUT2D eigenvalue weighted by atomic mass is 10.2. The molecule has 1 aromatic carbocycles. The summed E-state index contributed by atoms with van der Waals surface area (Å²) in [6, 6.07) is 7.87. The second-order valence-corrected chi connectivity index (χ2v) is 6.60. The van der Waals surface area contributed by atoms with Crippen LogP contribution in [0.4, 0.5) is 0 Å². The highest BCUT2D eigenvalue weighted by Gasteiger charge is 2.21. The third kappa shape index (κ3) is 3.80. The van der Waals surface area contributed by atoms with Crippen LogP contribution in [0.1, 0.15) is 29.6 Å². The Morgan fingerprint density at radius 1 is 1.33 bits per heavy atom. The second-order valence-electron chi connectivity index (χ2n) is 4.83. The highest BCUT2D eigenvalue weighted by Crippen LogP contribution is 2.16. The van der Waals surface area contributed by atoms with E-state index in [0.29, 0.717) is 5.56 Å². The van der Waals surface area contributed by atoms with E-state index in [1.807, 2.05) is 6.07 Å². The Balaban J connectivity index is 2.17. The number of rotatable bonds is 5. The molecule has 112 valence electrons. The third-order valence-electron chi connectivity index (χ3n) is 3.31. The predicted molar refractivity (Wildman–Crippen MR) is 77.0 cm³/mol. The number of hydrogen-bond acceptors (Lipinski definition) is 4. The summed E-state index contributed by atoms with van der Waals surface area (Å²) >= 11 is 0. The van der Waals surface area contributed by atoms with Gasteiger partial charge in [0.05, 0.1) is 11.0 Å². The molecular weight excluding hydrogens is 290 g/mol.